The van der Waals surface area contributed by atoms with Gasteiger partial charge in [-0.05, 0) is 48.7 Å². The Labute approximate surface area is 192 Å². The fourth-order valence-corrected chi connectivity index (χ4v) is 4.91. The largest absolute Gasteiger partial charge is 0.508 e. The Morgan fingerprint density at radius 2 is 1.80 bits per heavy atom. The number of nitrogens with one attached hydrogen (secondary N) is 1. The van der Waals surface area contributed by atoms with Gasteiger partial charge in [-0.2, -0.15) is 5.10 Å². The highest BCUT2D eigenvalue weighted by Gasteiger charge is 2.39. The highest BCUT2D eigenvalue weighted by Crippen LogP contribution is 2.42. The summed E-state index contributed by atoms with van der Waals surface area (Å²) in [5, 5.41) is 19.8. The molecule has 2 aliphatic rings. The highest BCUT2D eigenvalue weighted by atomic mass is 35.5. The lowest BCUT2D eigenvalue weighted by Crippen LogP contribution is -2.47. The van der Waals surface area contributed by atoms with Crippen LogP contribution in [0.25, 0.3) is 0 Å². The van der Waals surface area contributed by atoms with Crippen molar-refractivity contribution in [2.75, 3.05) is 18.1 Å². The molecule has 2 aromatic carbocycles. The fraction of sp³-hybridized carbons (Fsp3) is 0.364. The van der Waals surface area contributed by atoms with Gasteiger partial charge < -0.3 is 10.5 Å². The third kappa shape index (κ3) is 4.42. The van der Waals surface area contributed by atoms with Gasteiger partial charge in [0.2, 0.25) is 0 Å². The van der Waals surface area contributed by atoms with Crippen LogP contribution in [0.15, 0.2) is 47.6 Å². The zero-order valence-corrected chi connectivity index (χ0v) is 19.0. The normalized spacial score (nSPS) is 22.1. The van der Waals surface area contributed by atoms with Crippen molar-refractivity contribution in [2.45, 2.75) is 32.2 Å². The zero-order valence-electron chi connectivity index (χ0n) is 16.7. The average Bonchev–Trinajstić information content (AvgIpc) is 3.06. The van der Waals surface area contributed by atoms with Gasteiger partial charge in [-0.3, -0.25) is 5.01 Å². The van der Waals surface area contributed by atoms with Crippen LogP contribution in [0, 0.1) is 5.92 Å². The molecule has 0 amide bonds. The molecule has 2 aliphatic heterocycles. The van der Waals surface area contributed by atoms with E-state index in [1.165, 1.54) is 19.3 Å². The van der Waals surface area contributed by atoms with Gasteiger partial charge in [0.15, 0.2) is 0 Å². The van der Waals surface area contributed by atoms with E-state index in [9.17, 15) is 5.11 Å². The molecule has 5 nitrogen and oxygen atoms in total. The lowest BCUT2D eigenvalue weighted by Gasteiger charge is -2.29. The van der Waals surface area contributed by atoms with Crippen molar-refractivity contribution < 1.29 is 5.11 Å². The number of hydrazone groups is 1. The molecule has 0 radical (unpaired) electrons. The van der Waals surface area contributed by atoms with Gasteiger partial charge in [0.25, 0.3) is 0 Å². The number of benzene rings is 2. The molecule has 2 atom stereocenters. The first-order valence-corrected chi connectivity index (χ1v) is 11.3. The van der Waals surface area contributed by atoms with Crippen molar-refractivity contribution in [1.29, 1.82) is 0 Å². The van der Waals surface area contributed by atoms with Crippen LogP contribution < -0.4 is 10.4 Å². The first kappa shape index (κ1) is 21.4. The molecule has 0 aromatic heterocycles. The Bertz CT molecular complexity index is 960. The van der Waals surface area contributed by atoms with Gasteiger partial charge >= 0.3 is 0 Å². The Morgan fingerprint density at radius 3 is 2.47 bits per heavy atom. The number of rotatable bonds is 4. The van der Waals surface area contributed by atoms with Gasteiger partial charge in [-0.1, -0.05) is 60.9 Å². The molecule has 8 heteroatoms. The Hall–Kier alpha value is -1.86. The van der Waals surface area contributed by atoms with E-state index >= 15 is 0 Å². The molecule has 0 spiro atoms. The monoisotopic (exact) mass is 462 g/mol. The van der Waals surface area contributed by atoms with E-state index in [1.807, 2.05) is 23.2 Å². The van der Waals surface area contributed by atoms with E-state index < -0.39 is 0 Å². The number of thiocarbonyl (C=S) groups is 1. The number of anilines is 1. The highest BCUT2D eigenvalue weighted by molar-refractivity contribution is 7.82. The van der Waals surface area contributed by atoms with Crippen LogP contribution in [0.3, 0.4) is 0 Å². The Morgan fingerprint density at radius 1 is 1.10 bits per heavy atom. The topological polar surface area (TPSA) is 51.1 Å². The number of hydrogen-bond donors (Lipinski definition) is 2. The summed E-state index contributed by atoms with van der Waals surface area (Å²) in [6.07, 6.45) is 3.59. The standard InChI is InChI=1S/C22H24Cl2N4OS/c1-14-20(22(30)26-27-11-3-2-4-12-27)25-28(19-10-7-16(23)13-18(19)24)21(14)15-5-8-17(29)9-6-15/h5-10,13-14,21,29H,2-4,11-12H2,1H3,(H,26,30)/t14-,21+/m1/s1. The number of phenolic OH excluding ortho intramolecular Hbond substituents is 1. The summed E-state index contributed by atoms with van der Waals surface area (Å²) in [6, 6.07) is 12.5. The third-order valence-electron chi connectivity index (χ3n) is 5.62. The van der Waals surface area contributed by atoms with Crippen molar-refractivity contribution in [1.82, 2.24) is 10.4 Å². The van der Waals surface area contributed by atoms with E-state index in [-0.39, 0.29) is 17.7 Å². The minimum atomic E-state index is -0.111. The second kappa shape index (κ2) is 9.10. The van der Waals surface area contributed by atoms with E-state index in [0.29, 0.717) is 15.0 Å². The van der Waals surface area contributed by atoms with Crippen LogP contribution in [0.4, 0.5) is 5.69 Å². The summed E-state index contributed by atoms with van der Waals surface area (Å²) in [4.78, 5) is 0.640. The molecule has 0 unspecified atom stereocenters. The van der Waals surface area contributed by atoms with E-state index in [0.717, 1.165) is 30.1 Å². The van der Waals surface area contributed by atoms with Gasteiger partial charge in [-0.15, -0.1) is 0 Å². The molecule has 158 valence electrons. The second-order valence-corrected chi connectivity index (χ2v) is 8.99. The van der Waals surface area contributed by atoms with Crippen molar-refractivity contribution >= 4 is 51.8 Å². The van der Waals surface area contributed by atoms with Crippen LogP contribution in [0.2, 0.25) is 10.0 Å². The van der Waals surface area contributed by atoms with E-state index in [2.05, 4.69) is 17.4 Å². The summed E-state index contributed by atoms with van der Waals surface area (Å²) >= 11 is 18.4. The maximum atomic E-state index is 9.73. The molecule has 1 saturated heterocycles. The first-order chi connectivity index (χ1) is 14.4. The molecule has 0 aliphatic carbocycles. The summed E-state index contributed by atoms with van der Waals surface area (Å²) in [5.74, 6) is 0.245. The maximum absolute atomic E-state index is 9.73. The molecular formula is C22H24Cl2N4OS. The fourth-order valence-electron chi connectivity index (χ4n) is 4.06. The average molecular weight is 463 g/mol. The number of phenols is 1. The minimum Gasteiger partial charge on any atom is -0.508 e. The van der Waals surface area contributed by atoms with E-state index in [1.54, 1.807) is 24.3 Å². The predicted octanol–water partition coefficient (Wildman–Crippen LogP) is 5.57. The molecule has 2 aromatic rings. The van der Waals surface area contributed by atoms with Crippen molar-refractivity contribution in [3.63, 3.8) is 0 Å². The van der Waals surface area contributed by atoms with Crippen LogP contribution >= 0.6 is 35.4 Å². The molecule has 1 fully saturated rings. The number of aromatic hydroxyl groups is 1. The molecule has 2 heterocycles. The van der Waals surface area contributed by atoms with Crippen LogP contribution in [0.5, 0.6) is 5.75 Å². The molecule has 2 N–H and O–H groups in total. The van der Waals surface area contributed by atoms with Gasteiger partial charge in [0.1, 0.15) is 16.4 Å². The summed E-state index contributed by atoms with van der Waals surface area (Å²) in [5.41, 5.74) is 5.99. The van der Waals surface area contributed by atoms with Crippen molar-refractivity contribution in [3.05, 3.63) is 58.1 Å². The Kier molecular flexibility index (Phi) is 6.48. The number of nitrogens with zero attached hydrogens (tertiary/aromatic N) is 3. The number of halogens is 2. The zero-order chi connectivity index (χ0) is 21.3. The summed E-state index contributed by atoms with van der Waals surface area (Å²) in [7, 11) is 0. The molecule has 30 heavy (non-hydrogen) atoms. The first-order valence-electron chi connectivity index (χ1n) is 10.1. The van der Waals surface area contributed by atoms with Crippen molar-refractivity contribution in [3.8, 4) is 5.75 Å². The van der Waals surface area contributed by atoms with Gasteiger partial charge in [0, 0.05) is 24.0 Å². The third-order valence-corrected chi connectivity index (χ3v) is 6.46. The van der Waals surface area contributed by atoms with Crippen LogP contribution in [-0.4, -0.2) is 33.9 Å². The molecule has 0 bridgehead atoms. The number of hydrogen-bond acceptors (Lipinski definition) is 5. The molecule has 0 saturated carbocycles. The lowest BCUT2D eigenvalue weighted by atomic mass is 9.91. The number of piperidine rings is 1. The minimum absolute atomic E-state index is 0.0195. The summed E-state index contributed by atoms with van der Waals surface area (Å²) < 4.78 is 0. The molecular weight excluding hydrogens is 439 g/mol. The SMILES string of the molecule is C[C@@H]1C(C(=S)NN2CCCCC2)=NN(c2ccc(Cl)cc2Cl)[C@@H]1c1ccc(O)cc1. The lowest BCUT2D eigenvalue weighted by molar-refractivity contribution is 0.197. The van der Waals surface area contributed by atoms with Crippen LogP contribution in [0.1, 0.15) is 37.8 Å². The van der Waals surface area contributed by atoms with Crippen LogP contribution in [-0.2, 0) is 0 Å². The Balaban J connectivity index is 1.68. The smallest absolute Gasteiger partial charge is 0.137 e. The summed E-state index contributed by atoms with van der Waals surface area (Å²) in [6.45, 7) is 4.08. The number of hydrazine groups is 1. The molecule has 4 rings (SSSR count). The maximum Gasteiger partial charge on any atom is 0.137 e. The van der Waals surface area contributed by atoms with Gasteiger partial charge in [0.05, 0.1) is 16.8 Å². The van der Waals surface area contributed by atoms with E-state index in [4.69, 9.17) is 40.5 Å². The quantitative estimate of drug-likeness (QED) is 0.581. The van der Waals surface area contributed by atoms with Gasteiger partial charge in [-0.25, -0.2) is 5.01 Å². The predicted molar refractivity (Wildman–Crippen MR) is 128 cm³/mol. The second-order valence-electron chi connectivity index (χ2n) is 7.74. The van der Waals surface area contributed by atoms with Crippen molar-refractivity contribution in [2.24, 2.45) is 11.0 Å².